The number of rotatable bonds is 4. The van der Waals surface area contributed by atoms with Crippen LogP contribution in [0.4, 0.5) is 0 Å². The van der Waals surface area contributed by atoms with Gasteiger partial charge < -0.3 is 5.11 Å². The largest absolute Gasteiger partial charge is 0.393 e. The molecule has 1 atom stereocenters. The SMILES string of the molecule is NSCCC(O)C1CCCC1. The Balaban J connectivity index is 2.12. The summed E-state index contributed by atoms with van der Waals surface area (Å²) in [4.78, 5) is 0. The normalized spacial score (nSPS) is 22.4. The fourth-order valence-corrected chi connectivity index (χ4v) is 2.14. The molecule has 0 amide bonds. The first-order valence-electron chi connectivity index (χ1n) is 4.34. The van der Waals surface area contributed by atoms with Gasteiger partial charge in [-0.1, -0.05) is 24.8 Å². The summed E-state index contributed by atoms with van der Waals surface area (Å²) in [5.74, 6) is 1.46. The minimum absolute atomic E-state index is 0.0893. The van der Waals surface area contributed by atoms with E-state index in [0.29, 0.717) is 5.92 Å². The summed E-state index contributed by atoms with van der Waals surface area (Å²) >= 11 is 1.33. The molecule has 1 fully saturated rings. The second-order valence-electron chi connectivity index (χ2n) is 3.27. The van der Waals surface area contributed by atoms with Gasteiger partial charge in [0.05, 0.1) is 6.10 Å². The van der Waals surface area contributed by atoms with E-state index >= 15 is 0 Å². The standard InChI is InChI=1S/C8H17NOS/c9-11-6-5-8(10)7-3-1-2-4-7/h7-8,10H,1-6,9H2. The van der Waals surface area contributed by atoms with Crippen LogP contribution in [-0.2, 0) is 0 Å². The summed E-state index contributed by atoms with van der Waals surface area (Å²) in [6.07, 6.45) is 5.82. The van der Waals surface area contributed by atoms with Crippen LogP contribution in [0.3, 0.4) is 0 Å². The monoisotopic (exact) mass is 175 g/mol. The first-order chi connectivity index (χ1) is 5.34. The van der Waals surface area contributed by atoms with Crippen molar-refractivity contribution in [3.05, 3.63) is 0 Å². The molecule has 0 bridgehead atoms. The summed E-state index contributed by atoms with van der Waals surface area (Å²) < 4.78 is 0. The Morgan fingerprint density at radius 2 is 2.09 bits per heavy atom. The topological polar surface area (TPSA) is 46.2 Å². The first-order valence-corrected chi connectivity index (χ1v) is 5.39. The van der Waals surface area contributed by atoms with Crippen LogP contribution in [0, 0.1) is 5.92 Å². The maximum absolute atomic E-state index is 9.61. The Morgan fingerprint density at radius 1 is 1.45 bits per heavy atom. The third kappa shape index (κ3) is 3.01. The molecule has 11 heavy (non-hydrogen) atoms. The van der Waals surface area contributed by atoms with Crippen molar-refractivity contribution >= 4 is 11.9 Å². The molecule has 0 aliphatic heterocycles. The van der Waals surface area contributed by atoms with Crippen LogP contribution >= 0.6 is 11.9 Å². The second kappa shape index (κ2) is 5.01. The first kappa shape index (κ1) is 9.36. The van der Waals surface area contributed by atoms with Crippen LogP contribution in [0.1, 0.15) is 32.1 Å². The van der Waals surface area contributed by atoms with Gasteiger partial charge in [-0.15, -0.1) is 0 Å². The van der Waals surface area contributed by atoms with E-state index in [1.165, 1.54) is 37.6 Å². The Kier molecular flexibility index (Phi) is 4.26. The molecule has 3 heteroatoms. The highest BCUT2D eigenvalue weighted by molar-refractivity contribution is 7.97. The van der Waals surface area contributed by atoms with Gasteiger partial charge in [0.25, 0.3) is 0 Å². The molecule has 66 valence electrons. The maximum atomic E-state index is 9.61. The molecule has 0 saturated heterocycles. The zero-order chi connectivity index (χ0) is 8.10. The number of hydrogen-bond acceptors (Lipinski definition) is 3. The summed E-state index contributed by atoms with van der Waals surface area (Å²) in [6, 6.07) is 0. The molecule has 3 N–H and O–H groups in total. The lowest BCUT2D eigenvalue weighted by Crippen LogP contribution is -2.18. The Bertz CT molecular complexity index is 104. The van der Waals surface area contributed by atoms with E-state index in [-0.39, 0.29) is 6.10 Å². The summed E-state index contributed by atoms with van der Waals surface area (Å²) in [7, 11) is 0. The Labute approximate surface area is 72.7 Å². The van der Waals surface area contributed by atoms with Gasteiger partial charge in [-0.05, 0) is 25.2 Å². The van der Waals surface area contributed by atoms with Crippen molar-refractivity contribution in [2.24, 2.45) is 11.1 Å². The number of nitrogens with two attached hydrogens (primary N) is 1. The summed E-state index contributed by atoms with van der Waals surface area (Å²) in [5.41, 5.74) is 0. The van der Waals surface area contributed by atoms with E-state index in [1.54, 1.807) is 0 Å². The number of aliphatic hydroxyl groups excluding tert-OH is 1. The molecule has 1 unspecified atom stereocenters. The molecule has 1 saturated carbocycles. The molecule has 1 aliphatic rings. The van der Waals surface area contributed by atoms with Gasteiger partial charge in [0.15, 0.2) is 0 Å². The lowest BCUT2D eigenvalue weighted by molar-refractivity contribution is 0.108. The van der Waals surface area contributed by atoms with Crippen molar-refractivity contribution < 1.29 is 5.11 Å². The molecule has 0 heterocycles. The lowest BCUT2D eigenvalue weighted by atomic mass is 9.99. The fourth-order valence-electron chi connectivity index (χ4n) is 1.77. The molecule has 0 aromatic carbocycles. The Morgan fingerprint density at radius 3 is 2.64 bits per heavy atom. The average Bonchev–Trinajstić information content (AvgIpc) is 2.52. The van der Waals surface area contributed by atoms with Gasteiger partial charge in [0, 0.05) is 5.75 Å². The van der Waals surface area contributed by atoms with Gasteiger partial charge in [-0.3, -0.25) is 5.14 Å². The highest BCUT2D eigenvalue weighted by Gasteiger charge is 2.22. The van der Waals surface area contributed by atoms with Crippen LogP contribution in [0.5, 0.6) is 0 Å². The van der Waals surface area contributed by atoms with Gasteiger partial charge in [-0.2, -0.15) is 0 Å². The Hall–Kier alpha value is 0.270. The predicted molar refractivity (Wildman–Crippen MR) is 49.2 cm³/mol. The molecule has 1 aliphatic carbocycles. The van der Waals surface area contributed by atoms with Crippen LogP contribution < -0.4 is 5.14 Å². The van der Waals surface area contributed by atoms with Gasteiger partial charge >= 0.3 is 0 Å². The minimum Gasteiger partial charge on any atom is -0.393 e. The molecule has 1 rings (SSSR count). The second-order valence-corrected chi connectivity index (χ2v) is 4.01. The van der Waals surface area contributed by atoms with Crippen molar-refractivity contribution in [2.45, 2.75) is 38.2 Å². The minimum atomic E-state index is -0.0893. The molecule has 0 aromatic heterocycles. The highest BCUT2D eigenvalue weighted by Crippen LogP contribution is 2.29. The van der Waals surface area contributed by atoms with Crippen LogP contribution in [0.2, 0.25) is 0 Å². The smallest absolute Gasteiger partial charge is 0.0576 e. The van der Waals surface area contributed by atoms with Gasteiger partial charge in [0.2, 0.25) is 0 Å². The van der Waals surface area contributed by atoms with Crippen LogP contribution in [-0.4, -0.2) is 17.0 Å². The summed E-state index contributed by atoms with van der Waals surface area (Å²) in [5, 5.41) is 14.9. The number of aliphatic hydroxyl groups is 1. The van der Waals surface area contributed by atoms with Crippen molar-refractivity contribution in [1.29, 1.82) is 0 Å². The molecule has 0 spiro atoms. The van der Waals surface area contributed by atoms with E-state index in [4.69, 9.17) is 5.14 Å². The average molecular weight is 175 g/mol. The lowest BCUT2D eigenvalue weighted by Gasteiger charge is -2.16. The zero-order valence-electron chi connectivity index (χ0n) is 6.83. The third-order valence-electron chi connectivity index (χ3n) is 2.48. The zero-order valence-corrected chi connectivity index (χ0v) is 7.65. The van der Waals surface area contributed by atoms with Crippen molar-refractivity contribution in [3.63, 3.8) is 0 Å². The summed E-state index contributed by atoms with van der Waals surface area (Å²) in [6.45, 7) is 0. The van der Waals surface area contributed by atoms with Crippen LogP contribution in [0.25, 0.3) is 0 Å². The van der Waals surface area contributed by atoms with E-state index < -0.39 is 0 Å². The molecule has 0 radical (unpaired) electrons. The predicted octanol–water partition coefficient (Wildman–Crippen LogP) is 1.53. The maximum Gasteiger partial charge on any atom is 0.0576 e. The van der Waals surface area contributed by atoms with Gasteiger partial charge in [-0.25, -0.2) is 0 Å². The molecule has 0 aromatic rings. The van der Waals surface area contributed by atoms with E-state index in [2.05, 4.69) is 0 Å². The van der Waals surface area contributed by atoms with E-state index in [1.807, 2.05) is 0 Å². The van der Waals surface area contributed by atoms with E-state index in [9.17, 15) is 5.11 Å². The van der Waals surface area contributed by atoms with Crippen molar-refractivity contribution in [2.75, 3.05) is 5.75 Å². The molecular weight excluding hydrogens is 158 g/mol. The number of hydrogen-bond donors (Lipinski definition) is 2. The van der Waals surface area contributed by atoms with E-state index in [0.717, 1.165) is 12.2 Å². The molecular formula is C8H17NOS. The molecule has 2 nitrogen and oxygen atoms in total. The quantitative estimate of drug-likeness (QED) is 0.637. The fraction of sp³-hybridized carbons (Fsp3) is 1.00. The highest BCUT2D eigenvalue weighted by atomic mass is 32.2. The van der Waals surface area contributed by atoms with Crippen LogP contribution in [0.15, 0.2) is 0 Å². The third-order valence-corrected chi connectivity index (χ3v) is 2.95. The van der Waals surface area contributed by atoms with Crippen molar-refractivity contribution in [3.8, 4) is 0 Å². The van der Waals surface area contributed by atoms with Gasteiger partial charge in [0.1, 0.15) is 0 Å². The van der Waals surface area contributed by atoms with Crippen molar-refractivity contribution in [1.82, 2.24) is 0 Å².